The topological polar surface area (TPSA) is 58.6 Å². The van der Waals surface area contributed by atoms with Gasteiger partial charge in [0.05, 0.1) is 12.1 Å². The molecule has 5 heteroatoms. The number of aliphatic carboxylic acids is 1. The Balaban J connectivity index is 2.05. The maximum atomic E-state index is 11.2. The van der Waals surface area contributed by atoms with Gasteiger partial charge in [0.2, 0.25) is 0 Å². The third-order valence-electron chi connectivity index (χ3n) is 2.97. The van der Waals surface area contributed by atoms with Gasteiger partial charge < -0.3 is 15.2 Å². The van der Waals surface area contributed by atoms with Gasteiger partial charge in [-0.2, -0.15) is 0 Å². The Bertz CT molecular complexity index is 446. The van der Waals surface area contributed by atoms with E-state index in [1.807, 2.05) is 6.07 Å². The molecule has 18 heavy (non-hydrogen) atoms. The minimum Gasteiger partial charge on any atom is -0.495 e. The number of rotatable bonds is 6. The van der Waals surface area contributed by atoms with Crippen molar-refractivity contribution >= 4 is 17.6 Å². The molecule has 1 aliphatic rings. The molecular weight excluding hydrogens is 254 g/mol. The molecule has 1 aromatic carbocycles. The summed E-state index contributed by atoms with van der Waals surface area (Å²) in [6.45, 7) is 0. The van der Waals surface area contributed by atoms with Crippen molar-refractivity contribution in [3.63, 3.8) is 0 Å². The lowest BCUT2D eigenvalue weighted by atomic mass is 10.1. The van der Waals surface area contributed by atoms with E-state index in [-0.39, 0.29) is 0 Å². The zero-order chi connectivity index (χ0) is 13.1. The molecule has 1 atom stereocenters. The highest BCUT2D eigenvalue weighted by Crippen LogP contribution is 2.26. The van der Waals surface area contributed by atoms with Crippen molar-refractivity contribution in [3.8, 4) is 5.75 Å². The Morgan fingerprint density at radius 1 is 1.61 bits per heavy atom. The summed E-state index contributed by atoms with van der Waals surface area (Å²) >= 11 is 6.02. The number of methoxy groups -OCH3 is 1. The van der Waals surface area contributed by atoms with Gasteiger partial charge in [-0.1, -0.05) is 17.7 Å². The summed E-state index contributed by atoms with van der Waals surface area (Å²) in [5.41, 5.74) is 0.890. The normalized spacial score (nSPS) is 16.3. The molecule has 1 aromatic rings. The van der Waals surface area contributed by atoms with Crippen molar-refractivity contribution in [1.29, 1.82) is 0 Å². The van der Waals surface area contributed by atoms with Crippen LogP contribution in [0.2, 0.25) is 5.02 Å². The molecule has 0 spiro atoms. The first-order chi connectivity index (χ1) is 8.60. The highest BCUT2D eigenvalue weighted by molar-refractivity contribution is 6.32. The lowest BCUT2D eigenvalue weighted by Crippen LogP contribution is -2.39. The summed E-state index contributed by atoms with van der Waals surface area (Å²) in [4.78, 5) is 11.2. The maximum Gasteiger partial charge on any atom is 0.321 e. The number of nitrogens with one attached hydrogen (secondary N) is 1. The second-order valence-electron chi connectivity index (χ2n) is 4.50. The number of carboxylic acids is 1. The fraction of sp³-hybridized carbons (Fsp3) is 0.462. The van der Waals surface area contributed by atoms with Crippen LogP contribution >= 0.6 is 11.6 Å². The summed E-state index contributed by atoms with van der Waals surface area (Å²) in [7, 11) is 1.55. The van der Waals surface area contributed by atoms with Gasteiger partial charge in [-0.25, -0.2) is 0 Å². The number of halogens is 1. The van der Waals surface area contributed by atoms with E-state index in [9.17, 15) is 4.79 Å². The summed E-state index contributed by atoms with van der Waals surface area (Å²) in [5.74, 6) is -0.226. The van der Waals surface area contributed by atoms with E-state index in [1.54, 1.807) is 19.2 Å². The fourth-order valence-corrected chi connectivity index (χ4v) is 2.10. The average Bonchev–Trinajstić information content (AvgIpc) is 3.12. The van der Waals surface area contributed by atoms with Crippen LogP contribution in [0.5, 0.6) is 5.75 Å². The van der Waals surface area contributed by atoms with Gasteiger partial charge in [0.1, 0.15) is 11.8 Å². The number of carbonyl (C=O) groups is 1. The minimum atomic E-state index is -0.825. The van der Waals surface area contributed by atoms with Crippen molar-refractivity contribution in [2.24, 2.45) is 0 Å². The largest absolute Gasteiger partial charge is 0.495 e. The van der Waals surface area contributed by atoms with E-state index in [4.69, 9.17) is 21.4 Å². The molecule has 1 saturated carbocycles. The molecule has 98 valence electrons. The third-order valence-corrected chi connectivity index (χ3v) is 3.26. The van der Waals surface area contributed by atoms with Crippen LogP contribution in [0.25, 0.3) is 0 Å². The Labute approximate surface area is 111 Å². The lowest BCUT2D eigenvalue weighted by molar-refractivity contribution is -0.139. The van der Waals surface area contributed by atoms with Crippen LogP contribution in [0.15, 0.2) is 18.2 Å². The Morgan fingerprint density at radius 2 is 2.33 bits per heavy atom. The predicted molar refractivity (Wildman–Crippen MR) is 69.3 cm³/mol. The standard InChI is InChI=1S/C13H16ClNO3/c1-18-12-5-2-8(6-10(12)14)7-11(13(16)17)15-9-3-4-9/h2,5-6,9,11,15H,3-4,7H2,1H3,(H,16,17). The summed E-state index contributed by atoms with van der Waals surface area (Å²) in [5, 5.41) is 12.8. The Kier molecular flexibility index (Phi) is 4.09. The zero-order valence-corrected chi connectivity index (χ0v) is 10.9. The summed E-state index contributed by atoms with van der Waals surface area (Å²) in [6, 6.07) is 5.16. The van der Waals surface area contributed by atoms with Gasteiger partial charge >= 0.3 is 5.97 Å². The number of carboxylic acid groups (broad SMARTS) is 1. The van der Waals surface area contributed by atoms with Crippen LogP contribution < -0.4 is 10.1 Å². The molecule has 0 bridgehead atoms. The molecule has 2 rings (SSSR count). The van der Waals surface area contributed by atoms with Crippen molar-refractivity contribution in [2.75, 3.05) is 7.11 Å². The molecular formula is C13H16ClNO3. The SMILES string of the molecule is COc1ccc(CC(NC2CC2)C(=O)O)cc1Cl. The van der Waals surface area contributed by atoms with Gasteiger partial charge in [-0.05, 0) is 37.0 Å². The van der Waals surface area contributed by atoms with Crippen LogP contribution in [0.1, 0.15) is 18.4 Å². The number of ether oxygens (including phenoxy) is 1. The monoisotopic (exact) mass is 269 g/mol. The van der Waals surface area contributed by atoms with Gasteiger partial charge in [0, 0.05) is 6.04 Å². The number of hydrogen-bond acceptors (Lipinski definition) is 3. The summed E-state index contributed by atoms with van der Waals surface area (Å²) < 4.78 is 5.06. The smallest absolute Gasteiger partial charge is 0.321 e. The molecule has 0 aromatic heterocycles. The van der Waals surface area contributed by atoms with E-state index in [0.29, 0.717) is 23.2 Å². The van der Waals surface area contributed by atoms with Gasteiger partial charge in [0.25, 0.3) is 0 Å². The first-order valence-corrected chi connectivity index (χ1v) is 6.29. The highest BCUT2D eigenvalue weighted by atomic mass is 35.5. The first-order valence-electron chi connectivity index (χ1n) is 5.91. The third kappa shape index (κ3) is 3.37. The number of hydrogen-bond donors (Lipinski definition) is 2. The molecule has 2 N–H and O–H groups in total. The van der Waals surface area contributed by atoms with Crippen molar-refractivity contribution in [2.45, 2.75) is 31.3 Å². The quantitative estimate of drug-likeness (QED) is 0.830. The van der Waals surface area contributed by atoms with Crippen molar-refractivity contribution < 1.29 is 14.6 Å². The predicted octanol–water partition coefficient (Wildman–Crippen LogP) is 2.10. The van der Waals surface area contributed by atoms with E-state index in [2.05, 4.69) is 5.32 Å². The van der Waals surface area contributed by atoms with Gasteiger partial charge in [-0.3, -0.25) is 4.79 Å². The molecule has 0 saturated heterocycles. The Hall–Kier alpha value is -1.26. The molecule has 1 aliphatic carbocycles. The van der Waals surface area contributed by atoms with Crippen LogP contribution in [-0.4, -0.2) is 30.3 Å². The first kappa shape index (κ1) is 13.2. The number of benzene rings is 1. The molecule has 0 radical (unpaired) electrons. The fourth-order valence-electron chi connectivity index (χ4n) is 1.82. The molecule has 4 nitrogen and oxygen atoms in total. The van der Waals surface area contributed by atoms with E-state index in [1.165, 1.54) is 0 Å². The van der Waals surface area contributed by atoms with E-state index >= 15 is 0 Å². The molecule has 0 amide bonds. The van der Waals surface area contributed by atoms with Crippen molar-refractivity contribution in [1.82, 2.24) is 5.32 Å². The van der Waals surface area contributed by atoms with Crippen LogP contribution in [-0.2, 0) is 11.2 Å². The molecule has 1 unspecified atom stereocenters. The molecule has 1 fully saturated rings. The second-order valence-corrected chi connectivity index (χ2v) is 4.91. The van der Waals surface area contributed by atoms with E-state index in [0.717, 1.165) is 18.4 Å². The van der Waals surface area contributed by atoms with Crippen molar-refractivity contribution in [3.05, 3.63) is 28.8 Å². The summed E-state index contributed by atoms with van der Waals surface area (Å²) in [6.07, 6.45) is 2.55. The second kappa shape index (κ2) is 5.59. The van der Waals surface area contributed by atoms with Gasteiger partial charge in [-0.15, -0.1) is 0 Å². The Morgan fingerprint density at radius 3 is 2.83 bits per heavy atom. The highest BCUT2D eigenvalue weighted by Gasteiger charge is 2.28. The van der Waals surface area contributed by atoms with Crippen LogP contribution in [0, 0.1) is 0 Å². The average molecular weight is 270 g/mol. The van der Waals surface area contributed by atoms with Crippen LogP contribution in [0.3, 0.4) is 0 Å². The molecule has 0 aliphatic heterocycles. The minimum absolute atomic E-state index is 0.361. The molecule has 0 heterocycles. The van der Waals surface area contributed by atoms with Gasteiger partial charge in [0.15, 0.2) is 0 Å². The zero-order valence-electron chi connectivity index (χ0n) is 10.1. The van der Waals surface area contributed by atoms with E-state index < -0.39 is 12.0 Å². The lowest BCUT2D eigenvalue weighted by Gasteiger charge is -2.14. The van der Waals surface area contributed by atoms with Crippen LogP contribution in [0.4, 0.5) is 0 Å². The maximum absolute atomic E-state index is 11.2.